The van der Waals surface area contributed by atoms with Crippen LogP contribution in [0.15, 0.2) is 57.9 Å². The van der Waals surface area contributed by atoms with Crippen molar-refractivity contribution in [2.45, 2.75) is 12.9 Å². The summed E-state index contributed by atoms with van der Waals surface area (Å²) in [6.45, 7) is 0.246. The molecule has 7 nitrogen and oxygen atoms in total. The van der Waals surface area contributed by atoms with Crippen LogP contribution in [0.25, 0.3) is 5.65 Å². The Kier molecular flexibility index (Phi) is 6.42. The van der Waals surface area contributed by atoms with Gasteiger partial charge in [0.1, 0.15) is 11.4 Å². The van der Waals surface area contributed by atoms with Crippen LogP contribution in [0.3, 0.4) is 0 Å². The molecule has 0 saturated carbocycles. The number of aromatic nitrogens is 2. The lowest BCUT2D eigenvalue weighted by Crippen LogP contribution is -2.30. The van der Waals surface area contributed by atoms with E-state index in [1.165, 1.54) is 22.6 Å². The summed E-state index contributed by atoms with van der Waals surface area (Å²) in [5.74, 6) is -0.748. The summed E-state index contributed by atoms with van der Waals surface area (Å²) in [5, 5.41) is 2.59. The van der Waals surface area contributed by atoms with Gasteiger partial charge in [0.15, 0.2) is 0 Å². The molecule has 158 valence electrons. The number of alkyl halides is 3. The first-order valence-corrected chi connectivity index (χ1v) is 9.40. The zero-order valence-electron chi connectivity index (χ0n) is 15.6. The van der Waals surface area contributed by atoms with Crippen molar-refractivity contribution in [1.82, 2.24) is 14.3 Å². The monoisotopic (exact) mass is 484 g/mol. The van der Waals surface area contributed by atoms with Crippen molar-refractivity contribution < 1.29 is 22.7 Å². The van der Waals surface area contributed by atoms with Gasteiger partial charge in [0.05, 0.1) is 12.2 Å². The van der Waals surface area contributed by atoms with E-state index in [-0.39, 0.29) is 30.3 Å². The maximum Gasteiger partial charge on any atom is 0.573 e. The molecule has 0 unspecified atom stereocenters. The Morgan fingerprint density at radius 3 is 2.60 bits per heavy atom. The molecule has 0 aliphatic heterocycles. The number of nitrogens with one attached hydrogen (secondary N) is 1. The number of halogens is 4. The van der Waals surface area contributed by atoms with Crippen LogP contribution in [-0.4, -0.2) is 40.1 Å². The van der Waals surface area contributed by atoms with Crippen LogP contribution < -0.4 is 15.6 Å². The van der Waals surface area contributed by atoms with E-state index in [0.29, 0.717) is 17.0 Å². The van der Waals surface area contributed by atoms with Crippen LogP contribution in [0.2, 0.25) is 0 Å². The maximum atomic E-state index is 12.2. The first-order valence-electron chi connectivity index (χ1n) is 8.61. The van der Waals surface area contributed by atoms with E-state index in [9.17, 15) is 22.8 Å². The van der Waals surface area contributed by atoms with Crippen molar-refractivity contribution in [3.05, 3.63) is 69.2 Å². The Balaban J connectivity index is 1.59. The summed E-state index contributed by atoms with van der Waals surface area (Å²) in [4.78, 5) is 30.5. The standard InChI is InChI=1S/C19H16BrF3N4O3/c1-26(10-14-8-18(29)27-9-12(20)2-7-16(27)24-14)11-17(28)25-13-3-5-15(6-4-13)30-19(21,22)23/h2-9H,10-11H2,1H3,(H,25,28). The smallest absolute Gasteiger partial charge is 0.406 e. The molecule has 0 radical (unpaired) electrons. The molecule has 0 saturated heterocycles. The van der Waals surface area contributed by atoms with Crippen LogP contribution in [0.4, 0.5) is 18.9 Å². The van der Waals surface area contributed by atoms with Gasteiger partial charge in [-0.2, -0.15) is 0 Å². The second-order valence-electron chi connectivity index (χ2n) is 6.45. The third kappa shape index (κ3) is 6.04. The van der Waals surface area contributed by atoms with Crippen molar-refractivity contribution in [3.63, 3.8) is 0 Å². The average Bonchev–Trinajstić information content (AvgIpc) is 2.62. The predicted molar refractivity (Wildman–Crippen MR) is 107 cm³/mol. The molecule has 3 rings (SSSR count). The van der Waals surface area contributed by atoms with Crippen LogP contribution >= 0.6 is 15.9 Å². The molecule has 0 aliphatic rings. The van der Waals surface area contributed by atoms with Gasteiger partial charge in [-0.15, -0.1) is 13.2 Å². The minimum absolute atomic E-state index is 0.0117. The van der Waals surface area contributed by atoms with Crippen molar-refractivity contribution in [3.8, 4) is 5.75 Å². The molecule has 2 heterocycles. The van der Waals surface area contributed by atoms with Crippen LogP contribution in [0.5, 0.6) is 5.75 Å². The number of likely N-dealkylation sites (N-methyl/N-ethyl adjacent to an activating group) is 1. The number of hydrogen-bond acceptors (Lipinski definition) is 5. The van der Waals surface area contributed by atoms with Gasteiger partial charge in [0.25, 0.3) is 5.56 Å². The number of ether oxygens (including phenoxy) is 1. The van der Waals surface area contributed by atoms with E-state index in [0.717, 1.165) is 16.6 Å². The van der Waals surface area contributed by atoms with Gasteiger partial charge >= 0.3 is 6.36 Å². The number of benzene rings is 1. The van der Waals surface area contributed by atoms with Gasteiger partial charge in [0.2, 0.25) is 5.91 Å². The maximum absolute atomic E-state index is 12.2. The molecule has 0 fully saturated rings. The van der Waals surface area contributed by atoms with Gasteiger partial charge in [-0.1, -0.05) is 0 Å². The molecule has 0 spiro atoms. The molecule has 1 aromatic carbocycles. The SMILES string of the molecule is CN(CC(=O)Nc1ccc(OC(F)(F)F)cc1)Cc1cc(=O)n2cc(Br)ccc2n1. The number of carbonyl (C=O) groups excluding carboxylic acids is 1. The van der Waals surface area contributed by atoms with Gasteiger partial charge in [-0.3, -0.25) is 18.9 Å². The topological polar surface area (TPSA) is 75.9 Å². The third-order valence-electron chi connectivity index (χ3n) is 3.89. The molecule has 2 aromatic heterocycles. The lowest BCUT2D eigenvalue weighted by atomic mass is 10.3. The van der Waals surface area contributed by atoms with Crippen molar-refractivity contribution in [1.29, 1.82) is 0 Å². The van der Waals surface area contributed by atoms with E-state index in [4.69, 9.17) is 0 Å². The van der Waals surface area contributed by atoms with E-state index < -0.39 is 6.36 Å². The normalized spacial score (nSPS) is 11.7. The van der Waals surface area contributed by atoms with Gasteiger partial charge < -0.3 is 10.1 Å². The van der Waals surface area contributed by atoms with E-state index in [1.807, 2.05) is 0 Å². The lowest BCUT2D eigenvalue weighted by molar-refractivity contribution is -0.274. The van der Waals surface area contributed by atoms with Gasteiger partial charge in [-0.05, 0) is 59.4 Å². The Morgan fingerprint density at radius 1 is 1.23 bits per heavy atom. The first-order chi connectivity index (χ1) is 14.1. The van der Waals surface area contributed by atoms with Crippen LogP contribution in [0.1, 0.15) is 5.69 Å². The quantitative estimate of drug-likeness (QED) is 0.580. The minimum atomic E-state index is -4.77. The van der Waals surface area contributed by atoms with Crippen molar-refractivity contribution >= 4 is 33.2 Å². The Bertz CT molecular complexity index is 1120. The Hall–Kier alpha value is -2.92. The number of anilines is 1. The molecular formula is C19H16BrF3N4O3. The zero-order valence-corrected chi connectivity index (χ0v) is 17.2. The fraction of sp³-hybridized carbons (Fsp3) is 0.211. The highest BCUT2D eigenvalue weighted by atomic mass is 79.9. The number of carbonyl (C=O) groups is 1. The Morgan fingerprint density at radius 2 is 1.93 bits per heavy atom. The highest BCUT2D eigenvalue weighted by Crippen LogP contribution is 2.23. The molecule has 3 aromatic rings. The predicted octanol–water partition coefficient (Wildman–Crippen LogP) is 3.43. The molecule has 0 aliphatic carbocycles. The first kappa shape index (κ1) is 21.8. The van der Waals surface area contributed by atoms with Gasteiger partial charge in [-0.25, -0.2) is 4.98 Å². The van der Waals surface area contributed by atoms with Crippen LogP contribution in [-0.2, 0) is 11.3 Å². The second-order valence-corrected chi connectivity index (χ2v) is 7.37. The van der Waals surface area contributed by atoms with E-state index in [1.54, 1.807) is 30.3 Å². The van der Waals surface area contributed by atoms with E-state index >= 15 is 0 Å². The summed E-state index contributed by atoms with van der Waals surface area (Å²) in [6.07, 6.45) is -3.15. The minimum Gasteiger partial charge on any atom is -0.406 e. The highest BCUT2D eigenvalue weighted by molar-refractivity contribution is 9.10. The molecule has 11 heteroatoms. The number of pyridine rings is 1. The third-order valence-corrected chi connectivity index (χ3v) is 4.36. The molecule has 0 atom stereocenters. The van der Waals surface area contributed by atoms with E-state index in [2.05, 4.69) is 31.0 Å². The summed E-state index contributed by atoms with van der Waals surface area (Å²) in [5.41, 5.74) is 1.08. The largest absolute Gasteiger partial charge is 0.573 e. The van der Waals surface area contributed by atoms with Crippen LogP contribution in [0, 0.1) is 0 Å². The summed E-state index contributed by atoms with van der Waals surface area (Å²) >= 11 is 3.30. The van der Waals surface area contributed by atoms with Crippen molar-refractivity contribution in [2.24, 2.45) is 0 Å². The lowest BCUT2D eigenvalue weighted by Gasteiger charge is -2.16. The average molecular weight is 485 g/mol. The fourth-order valence-corrected chi connectivity index (χ4v) is 3.06. The molecule has 30 heavy (non-hydrogen) atoms. The number of amides is 1. The zero-order chi connectivity index (χ0) is 21.9. The van der Waals surface area contributed by atoms with Gasteiger partial charge in [0, 0.05) is 29.0 Å². The summed E-state index contributed by atoms with van der Waals surface area (Å²) in [7, 11) is 1.69. The second kappa shape index (κ2) is 8.84. The number of hydrogen-bond donors (Lipinski definition) is 1. The van der Waals surface area contributed by atoms with Crippen molar-refractivity contribution in [2.75, 3.05) is 18.9 Å². The molecular weight excluding hydrogens is 469 g/mol. The summed E-state index contributed by atoms with van der Waals surface area (Å²) < 4.78 is 42.5. The Labute approximate surface area is 177 Å². The molecule has 1 amide bonds. The number of nitrogens with zero attached hydrogens (tertiary/aromatic N) is 3. The summed E-state index contributed by atoms with van der Waals surface area (Å²) in [6, 6.07) is 9.70. The number of rotatable bonds is 6. The molecule has 1 N–H and O–H groups in total. The number of fused-ring (bicyclic) bond motifs is 1. The fourth-order valence-electron chi connectivity index (χ4n) is 2.73. The molecule has 0 bridgehead atoms. The highest BCUT2D eigenvalue weighted by Gasteiger charge is 2.30.